The highest BCUT2D eigenvalue weighted by molar-refractivity contribution is 7.99. The van der Waals surface area contributed by atoms with E-state index in [0.29, 0.717) is 40.0 Å². The van der Waals surface area contributed by atoms with Crippen LogP contribution in [0, 0.1) is 0 Å². The molecule has 2 aromatic heterocycles. The monoisotopic (exact) mass is 376 g/mol. The molecule has 1 aromatic carbocycles. The first kappa shape index (κ1) is 18.1. The van der Waals surface area contributed by atoms with E-state index < -0.39 is 6.10 Å². The summed E-state index contributed by atoms with van der Waals surface area (Å²) in [5.74, 6) is 1.87. The molecule has 0 saturated heterocycles. The minimum atomic E-state index is -0.595. The second-order valence-electron chi connectivity index (χ2n) is 5.40. The Labute approximate surface area is 154 Å². The summed E-state index contributed by atoms with van der Waals surface area (Å²) in [7, 11) is 3.17. The van der Waals surface area contributed by atoms with E-state index >= 15 is 0 Å². The van der Waals surface area contributed by atoms with Crippen molar-refractivity contribution in [1.82, 2.24) is 19.9 Å². The fourth-order valence-electron chi connectivity index (χ4n) is 2.34. The third-order valence-electron chi connectivity index (χ3n) is 3.61. The molecule has 0 saturated carbocycles. The van der Waals surface area contributed by atoms with Gasteiger partial charge in [-0.05, 0) is 12.1 Å². The molecule has 9 nitrogen and oxygen atoms in total. The van der Waals surface area contributed by atoms with E-state index in [2.05, 4.69) is 25.3 Å². The van der Waals surface area contributed by atoms with Gasteiger partial charge in [-0.2, -0.15) is 4.98 Å². The Morgan fingerprint density at radius 2 is 2.08 bits per heavy atom. The first-order valence-electron chi connectivity index (χ1n) is 7.84. The Hall–Kier alpha value is -2.72. The van der Waals surface area contributed by atoms with Gasteiger partial charge in [-0.25, -0.2) is 9.97 Å². The SMILES string of the molecule is COc1ccc(NC[C@H](O)CSc2nc(N)nc3nc[nH]c23)cc1OC. The Morgan fingerprint density at radius 3 is 2.85 bits per heavy atom. The molecule has 0 spiro atoms. The van der Waals surface area contributed by atoms with Crippen LogP contribution in [-0.4, -0.2) is 57.7 Å². The largest absolute Gasteiger partial charge is 0.493 e. The van der Waals surface area contributed by atoms with Crippen molar-refractivity contribution in [3.05, 3.63) is 24.5 Å². The fraction of sp³-hybridized carbons (Fsp3) is 0.312. The molecule has 138 valence electrons. The molecule has 3 rings (SSSR count). The molecule has 5 N–H and O–H groups in total. The number of methoxy groups -OCH3 is 2. The molecule has 0 aliphatic carbocycles. The zero-order chi connectivity index (χ0) is 18.5. The van der Waals surface area contributed by atoms with E-state index in [9.17, 15) is 5.11 Å². The molecule has 0 fully saturated rings. The van der Waals surface area contributed by atoms with Crippen molar-refractivity contribution in [3.8, 4) is 11.5 Å². The van der Waals surface area contributed by atoms with Crippen molar-refractivity contribution in [2.24, 2.45) is 0 Å². The summed E-state index contributed by atoms with van der Waals surface area (Å²) in [6.07, 6.45) is 0.944. The second kappa shape index (κ2) is 8.11. The van der Waals surface area contributed by atoms with Crippen LogP contribution in [0.15, 0.2) is 29.6 Å². The first-order valence-corrected chi connectivity index (χ1v) is 8.82. The van der Waals surface area contributed by atoms with Gasteiger partial charge in [0.25, 0.3) is 0 Å². The van der Waals surface area contributed by atoms with Gasteiger partial charge in [0.2, 0.25) is 5.95 Å². The number of imidazole rings is 1. The van der Waals surface area contributed by atoms with Gasteiger partial charge in [0.15, 0.2) is 17.1 Å². The third kappa shape index (κ3) is 4.09. The number of anilines is 2. The van der Waals surface area contributed by atoms with Gasteiger partial charge in [0.1, 0.15) is 10.5 Å². The van der Waals surface area contributed by atoms with Crippen molar-refractivity contribution in [1.29, 1.82) is 0 Å². The van der Waals surface area contributed by atoms with E-state index in [0.717, 1.165) is 5.69 Å². The number of aromatic amines is 1. The summed E-state index contributed by atoms with van der Waals surface area (Å²) in [5, 5.41) is 14.1. The molecule has 10 heteroatoms. The fourth-order valence-corrected chi connectivity index (χ4v) is 3.26. The third-order valence-corrected chi connectivity index (χ3v) is 4.73. The van der Waals surface area contributed by atoms with Crippen LogP contribution in [0.5, 0.6) is 11.5 Å². The van der Waals surface area contributed by atoms with Gasteiger partial charge in [0.05, 0.1) is 26.7 Å². The highest BCUT2D eigenvalue weighted by Crippen LogP contribution is 2.30. The Morgan fingerprint density at radius 1 is 1.27 bits per heavy atom. The number of rotatable bonds is 8. The number of fused-ring (bicyclic) bond motifs is 1. The summed E-state index contributed by atoms with van der Waals surface area (Å²) in [6.45, 7) is 0.370. The van der Waals surface area contributed by atoms with E-state index in [-0.39, 0.29) is 5.95 Å². The van der Waals surface area contributed by atoms with Crippen molar-refractivity contribution in [3.63, 3.8) is 0 Å². The number of thioether (sulfide) groups is 1. The molecule has 1 atom stereocenters. The number of benzene rings is 1. The van der Waals surface area contributed by atoms with E-state index in [1.807, 2.05) is 12.1 Å². The lowest BCUT2D eigenvalue weighted by Gasteiger charge is -2.14. The minimum absolute atomic E-state index is 0.157. The lowest BCUT2D eigenvalue weighted by molar-refractivity contribution is 0.213. The molecule has 0 radical (unpaired) electrons. The maximum atomic E-state index is 10.3. The lowest BCUT2D eigenvalue weighted by atomic mass is 10.2. The predicted octanol–water partition coefficient (Wildman–Crippen LogP) is 1.52. The summed E-state index contributed by atoms with van der Waals surface area (Å²) in [6, 6.07) is 5.49. The molecule has 3 aromatic rings. The molecule has 0 bridgehead atoms. The smallest absolute Gasteiger partial charge is 0.223 e. The van der Waals surface area contributed by atoms with Crippen molar-refractivity contribution >= 4 is 34.6 Å². The molecule has 26 heavy (non-hydrogen) atoms. The molecule has 0 aliphatic heterocycles. The van der Waals surface area contributed by atoms with Crippen LogP contribution in [0.4, 0.5) is 11.6 Å². The maximum absolute atomic E-state index is 10.3. The average molecular weight is 376 g/mol. The van der Waals surface area contributed by atoms with E-state index in [4.69, 9.17) is 15.2 Å². The normalized spacial score (nSPS) is 12.1. The molecule has 2 heterocycles. The number of H-pyrrole nitrogens is 1. The summed E-state index contributed by atoms with van der Waals surface area (Å²) < 4.78 is 10.5. The van der Waals surface area contributed by atoms with Crippen LogP contribution in [0.2, 0.25) is 0 Å². The summed E-state index contributed by atoms with van der Waals surface area (Å²) >= 11 is 1.39. The van der Waals surface area contributed by atoms with Gasteiger partial charge in [-0.1, -0.05) is 0 Å². The van der Waals surface area contributed by atoms with Crippen molar-refractivity contribution in [2.75, 3.05) is 37.6 Å². The van der Waals surface area contributed by atoms with Crippen LogP contribution in [0.1, 0.15) is 0 Å². The highest BCUT2D eigenvalue weighted by atomic mass is 32.2. The molecular weight excluding hydrogens is 356 g/mol. The summed E-state index contributed by atoms with van der Waals surface area (Å²) in [4.78, 5) is 15.3. The quantitative estimate of drug-likeness (QED) is 0.341. The Balaban J connectivity index is 1.57. The minimum Gasteiger partial charge on any atom is -0.493 e. The lowest BCUT2D eigenvalue weighted by Crippen LogP contribution is -2.22. The van der Waals surface area contributed by atoms with Crippen LogP contribution in [-0.2, 0) is 0 Å². The van der Waals surface area contributed by atoms with E-state index in [1.54, 1.807) is 20.3 Å². The first-order chi connectivity index (χ1) is 12.6. The number of nitrogens with one attached hydrogen (secondary N) is 2. The zero-order valence-corrected chi connectivity index (χ0v) is 15.2. The number of aliphatic hydroxyl groups is 1. The topological polar surface area (TPSA) is 131 Å². The van der Waals surface area contributed by atoms with Gasteiger partial charge < -0.3 is 30.6 Å². The average Bonchev–Trinajstić information content (AvgIpc) is 3.12. The zero-order valence-electron chi connectivity index (χ0n) is 14.4. The molecular formula is C16H20N6O3S. The van der Waals surface area contributed by atoms with Gasteiger partial charge >= 0.3 is 0 Å². The number of aliphatic hydroxyl groups excluding tert-OH is 1. The summed E-state index contributed by atoms with van der Waals surface area (Å²) in [5.41, 5.74) is 7.74. The van der Waals surface area contributed by atoms with Crippen LogP contribution in [0.25, 0.3) is 11.2 Å². The van der Waals surface area contributed by atoms with Gasteiger partial charge in [-0.3, -0.25) is 0 Å². The van der Waals surface area contributed by atoms with Crippen molar-refractivity contribution < 1.29 is 14.6 Å². The number of nitrogen functional groups attached to an aromatic ring is 1. The highest BCUT2D eigenvalue weighted by Gasteiger charge is 2.12. The number of nitrogens with two attached hydrogens (primary N) is 1. The number of aromatic nitrogens is 4. The van der Waals surface area contributed by atoms with Crippen LogP contribution >= 0.6 is 11.8 Å². The standard InChI is InChI=1S/C16H20N6O3S/c1-24-11-4-3-9(5-12(11)25-2)18-6-10(23)7-26-15-13-14(20-8-19-13)21-16(17)22-15/h3-5,8,10,18,23H,6-7H2,1-2H3,(H3,17,19,20,21,22)/t10-/m0/s1. The number of ether oxygens (including phenoxy) is 2. The van der Waals surface area contributed by atoms with Gasteiger partial charge in [-0.15, -0.1) is 11.8 Å². The van der Waals surface area contributed by atoms with Crippen molar-refractivity contribution in [2.45, 2.75) is 11.1 Å². The number of nitrogens with zero attached hydrogens (tertiary/aromatic N) is 3. The number of hydrogen-bond acceptors (Lipinski definition) is 9. The molecule has 0 aliphatic rings. The van der Waals surface area contributed by atoms with Gasteiger partial charge in [0, 0.05) is 24.1 Å². The Bertz CT molecular complexity index is 888. The molecule has 0 amide bonds. The number of hydrogen-bond donors (Lipinski definition) is 4. The van der Waals surface area contributed by atoms with Crippen LogP contribution < -0.4 is 20.5 Å². The Kier molecular flexibility index (Phi) is 5.64. The second-order valence-corrected chi connectivity index (χ2v) is 6.41. The maximum Gasteiger partial charge on any atom is 0.223 e. The predicted molar refractivity (Wildman–Crippen MR) is 101 cm³/mol. The van der Waals surface area contributed by atoms with E-state index in [1.165, 1.54) is 18.1 Å². The molecule has 0 unspecified atom stereocenters. The van der Waals surface area contributed by atoms with Crippen LogP contribution in [0.3, 0.4) is 0 Å².